The summed E-state index contributed by atoms with van der Waals surface area (Å²) in [4.78, 5) is 0. The molecular weight excluding hydrogens is 212 g/mol. The van der Waals surface area contributed by atoms with E-state index in [9.17, 15) is 16.8 Å². The minimum atomic E-state index is -3.92. The molecule has 0 aromatic rings. The summed E-state index contributed by atoms with van der Waals surface area (Å²) >= 11 is 0. The van der Waals surface area contributed by atoms with Crippen molar-refractivity contribution in [2.75, 3.05) is 18.6 Å². The Morgan fingerprint density at radius 2 is 1.33 bits per heavy atom. The molecule has 0 amide bonds. The van der Waals surface area contributed by atoms with E-state index in [1.807, 2.05) is 0 Å². The average molecular weight is 222 g/mol. The fourth-order valence-corrected chi connectivity index (χ4v) is 0.346. The van der Waals surface area contributed by atoms with Gasteiger partial charge < -0.3 is 5.11 Å². The summed E-state index contributed by atoms with van der Waals surface area (Å²) < 4.78 is 53.0. The lowest BCUT2D eigenvalue weighted by molar-refractivity contribution is 0.315. The summed E-state index contributed by atoms with van der Waals surface area (Å²) in [5, 5.41) is 7.86. The van der Waals surface area contributed by atoms with Gasteiger partial charge in [0.15, 0.2) is 0 Å². The maximum atomic E-state index is 9.63. The molecule has 0 fully saturated rings. The van der Waals surface area contributed by atoms with Crippen LogP contribution < -0.4 is 0 Å². The first kappa shape index (κ1) is 14.3. The molecule has 0 bridgehead atoms. The van der Waals surface area contributed by atoms with Gasteiger partial charge in [0, 0.05) is 0 Å². The second-order valence-corrected chi connectivity index (χ2v) is 4.78. The molecule has 0 atom stereocenters. The summed E-state index contributed by atoms with van der Waals surface area (Å²) in [6.45, 7) is -0.529. The van der Waals surface area contributed by atoms with Crippen molar-refractivity contribution < 1.29 is 31.0 Å². The van der Waals surface area contributed by atoms with Crippen molar-refractivity contribution in [2.45, 2.75) is 0 Å². The van der Waals surface area contributed by atoms with Crippen LogP contribution in [0.15, 0.2) is 0 Å². The highest BCUT2D eigenvalue weighted by atomic mass is 32.2. The van der Waals surface area contributed by atoms with E-state index in [-0.39, 0.29) is 0 Å². The maximum Gasteiger partial charge on any atom is 0.267 e. The summed E-state index contributed by atoms with van der Waals surface area (Å²) in [7, 11) is -7.59. The Balaban J connectivity index is 0. The van der Waals surface area contributed by atoms with E-state index in [2.05, 4.69) is 0 Å². The first-order valence-electron chi connectivity index (χ1n) is 2.54. The standard InChI is InChI=1S/C2H6O4S.CH4O3S/c3-1-2-7(4,5)6;1-5(2,3)4/h3H,1-2H2,(H,4,5,6);1H3,(H,2,3,4). The van der Waals surface area contributed by atoms with Gasteiger partial charge in [0.05, 0.1) is 18.6 Å². The molecule has 0 saturated carbocycles. The minimum Gasteiger partial charge on any atom is -0.395 e. The highest BCUT2D eigenvalue weighted by molar-refractivity contribution is 7.85. The Bertz CT molecular complexity index is 277. The summed E-state index contributed by atoms with van der Waals surface area (Å²) in [6.07, 6.45) is 0.715. The second kappa shape index (κ2) is 5.43. The highest BCUT2D eigenvalue weighted by Gasteiger charge is 1.99. The largest absolute Gasteiger partial charge is 0.395 e. The van der Waals surface area contributed by atoms with Crippen molar-refractivity contribution in [1.82, 2.24) is 0 Å². The summed E-state index contributed by atoms with van der Waals surface area (Å²) in [5.74, 6) is -0.576. The molecule has 0 aliphatic carbocycles. The van der Waals surface area contributed by atoms with E-state index in [1.165, 1.54) is 0 Å². The third-order valence-corrected chi connectivity index (χ3v) is 1.05. The van der Waals surface area contributed by atoms with Crippen LogP contribution in [0.25, 0.3) is 0 Å². The monoisotopic (exact) mass is 222 g/mol. The molecule has 0 unspecified atom stereocenters. The van der Waals surface area contributed by atoms with E-state index in [0.29, 0.717) is 6.26 Å². The molecule has 0 saturated heterocycles. The molecule has 76 valence electrons. The van der Waals surface area contributed by atoms with Gasteiger partial charge in [0.25, 0.3) is 20.2 Å². The maximum absolute atomic E-state index is 9.63. The van der Waals surface area contributed by atoms with Gasteiger partial charge in [-0.25, -0.2) is 0 Å². The quantitative estimate of drug-likeness (QED) is 0.478. The molecule has 0 aromatic heterocycles. The van der Waals surface area contributed by atoms with Crippen LogP contribution in [0, 0.1) is 0 Å². The number of aliphatic hydroxyl groups is 1. The first-order valence-corrected chi connectivity index (χ1v) is 6.00. The molecule has 3 N–H and O–H groups in total. The zero-order chi connectivity index (χ0) is 10.4. The first-order chi connectivity index (χ1) is 5.06. The van der Waals surface area contributed by atoms with Gasteiger partial charge in [-0.1, -0.05) is 0 Å². The van der Waals surface area contributed by atoms with Crippen molar-refractivity contribution >= 4 is 20.2 Å². The topological polar surface area (TPSA) is 129 Å². The fourth-order valence-electron chi connectivity index (χ4n) is 0.115. The van der Waals surface area contributed by atoms with E-state index >= 15 is 0 Å². The van der Waals surface area contributed by atoms with E-state index in [1.54, 1.807) is 0 Å². The van der Waals surface area contributed by atoms with Crippen LogP contribution in [0.4, 0.5) is 0 Å². The van der Waals surface area contributed by atoms with Crippen LogP contribution >= 0.6 is 0 Å². The predicted octanol–water partition coefficient (Wildman–Crippen LogP) is -1.63. The molecule has 0 heterocycles. The summed E-state index contributed by atoms with van der Waals surface area (Å²) in [6, 6.07) is 0. The van der Waals surface area contributed by atoms with Crippen LogP contribution in [0.3, 0.4) is 0 Å². The number of aliphatic hydroxyl groups excluding tert-OH is 1. The molecule has 0 spiro atoms. The zero-order valence-corrected chi connectivity index (χ0v) is 7.84. The lowest BCUT2D eigenvalue weighted by atomic mass is 10.9. The fraction of sp³-hybridized carbons (Fsp3) is 1.00. The molecule has 0 aliphatic rings. The van der Waals surface area contributed by atoms with Crippen LogP contribution in [0.1, 0.15) is 0 Å². The van der Waals surface area contributed by atoms with Gasteiger partial charge >= 0.3 is 0 Å². The smallest absolute Gasteiger partial charge is 0.267 e. The molecule has 9 heteroatoms. The lowest BCUT2D eigenvalue weighted by Gasteiger charge is -1.85. The highest BCUT2D eigenvalue weighted by Crippen LogP contribution is 1.75. The van der Waals surface area contributed by atoms with E-state index < -0.39 is 32.6 Å². The summed E-state index contributed by atoms with van der Waals surface area (Å²) in [5.41, 5.74) is 0. The van der Waals surface area contributed by atoms with Crippen molar-refractivity contribution in [3.05, 3.63) is 0 Å². The van der Waals surface area contributed by atoms with Crippen LogP contribution in [-0.4, -0.2) is 49.7 Å². The number of rotatable bonds is 2. The van der Waals surface area contributed by atoms with Gasteiger partial charge in [-0.3, -0.25) is 9.11 Å². The molecular formula is C3H10O7S2. The zero-order valence-electron chi connectivity index (χ0n) is 6.21. The Morgan fingerprint density at radius 3 is 1.33 bits per heavy atom. The Kier molecular flexibility index (Phi) is 6.48. The van der Waals surface area contributed by atoms with Gasteiger partial charge in [-0.15, -0.1) is 0 Å². The molecule has 7 nitrogen and oxygen atoms in total. The average Bonchev–Trinajstić information content (AvgIpc) is 1.54. The normalized spacial score (nSPS) is 11.7. The molecule has 0 rings (SSSR count). The van der Waals surface area contributed by atoms with Crippen molar-refractivity contribution in [1.29, 1.82) is 0 Å². The Labute approximate surface area is 70.5 Å². The van der Waals surface area contributed by atoms with Crippen LogP contribution in [0.5, 0.6) is 0 Å². The predicted molar refractivity (Wildman–Crippen MR) is 41.0 cm³/mol. The molecule has 0 aliphatic heterocycles. The van der Waals surface area contributed by atoms with Gasteiger partial charge in [0.2, 0.25) is 0 Å². The third-order valence-electron chi connectivity index (χ3n) is 0.349. The van der Waals surface area contributed by atoms with Crippen molar-refractivity contribution in [3.63, 3.8) is 0 Å². The van der Waals surface area contributed by atoms with Gasteiger partial charge in [-0.05, 0) is 0 Å². The van der Waals surface area contributed by atoms with E-state index in [4.69, 9.17) is 14.2 Å². The Morgan fingerprint density at radius 1 is 1.08 bits per heavy atom. The van der Waals surface area contributed by atoms with Crippen LogP contribution in [-0.2, 0) is 20.2 Å². The molecule has 0 aromatic carbocycles. The van der Waals surface area contributed by atoms with Gasteiger partial charge in [-0.2, -0.15) is 16.8 Å². The lowest BCUT2D eigenvalue weighted by Crippen LogP contribution is -2.06. The number of hydrogen-bond acceptors (Lipinski definition) is 5. The SMILES string of the molecule is CS(=O)(=O)O.O=S(=O)(O)CCO. The van der Waals surface area contributed by atoms with Crippen molar-refractivity contribution in [3.8, 4) is 0 Å². The third kappa shape index (κ3) is 52.8. The van der Waals surface area contributed by atoms with E-state index in [0.717, 1.165) is 0 Å². The minimum absolute atomic E-state index is 0.529. The molecule has 0 radical (unpaired) electrons. The molecule has 12 heavy (non-hydrogen) atoms. The Hall–Kier alpha value is -0.220. The number of hydrogen-bond donors (Lipinski definition) is 3. The second-order valence-electron chi connectivity index (χ2n) is 1.74. The van der Waals surface area contributed by atoms with Crippen molar-refractivity contribution in [2.24, 2.45) is 0 Å². The van der Waals surface area contributed by atoms with Crippen LogP contribution in [0.2, 0.25) is 0 Å². The van der Waals surface area contributed by atoms with Gasteiger partial charge in [0.1, 0.15) is 0 Å².